The third-order valence-electron chi connectivity index (χ3n) is 5.36. The van der Waals surface area contributed by atoms with Crippen LogP contribution in [0.25, 0.3) is 0 Å². The van der Waals surface area contributed by atoms with Crippen LogP contribution in [-0.2, 0) is 27.7 Å². The molecule has 0 saturated heterocycles. The Bertz CT molecular complexity index is 1390. The highest BCUT2D eigenvalue weighted by molar-refractivity contribution is 8.00. The molecule has 1 amide bonds. The maximum absolute atomic E-state index is 12.9. The lowest BCUT2D eigenvalue weighted by atomic mass is 10.2. The van der Waals surface area contributed by atoms with Crippen molar-refractivity contribution in [2.45, 2.75) is 47.8 Å². The van der Waals surface area contributed by atoms with Crippen LogP contribution in [0, 0.1) is 11.3 Å². The number of hydrogen-bond donors (Lipinski definition) is 2. The smallest absolute Gasteiger partial charge is 0.263 e. The zero-order valence-electron chi connectivity index (χ0n) is 18.7. The number of fused-ring (bicyclic) bond motifs is 1. The Hall–Kier alpha value is -3.20. The number of hydrogen-bond acceptors (Lipinski definition) is 8. The van der Waals surface area contributed by atoms with Crippen LogP contribution in [0.3, 0.4) is 0 Å². The summed E-state index contributed by atoms with van der Waals surface area (Å²) in [6.45, 7) is 1.89. The fraction of sp³-hybridized carbons (Fsp3) is 0.261. The number of thioether (sulfide) groups is 1. The highest BCUT2D eigenvalue weighted by Crippen LogP contribution is 2.32. The molecule has 4 rings (SSSR count). The molecule has 0 fully saturated rings. The zero-order valence-corrected chi connectivity index (χ0v) is 21.0. The van der Waals surface area contributed by atoms with Gasteiger partial charge in [-0.3, -0.25) is 9.52 Å². The minimum absolute atomic E-state index is 0.00494. The van der Waals surface area contributed by atoms with Crippen molar-refractivity contribution in [3.8, 4) is 6.07 Å². The van der Waals surface area contributed by atoms with E-state index in [-0.39, 0.29) is 21.8 Å². The number of aromatic nitrogens is 3. The van der Waals surface area contributed by atoms with E-state index >= 15 is 0 Å². The van der Waals surface area contributed by atoms with Crippen molar-refractivity contribution in [3.63, 3.8) is 0 Å². The number of nitriles is 1. The second kappa shape index (κ2) is 10.6. The van der Waals surface area contributed by atoms with Gasteiger partial charge in [0.2, 0.25) is 5.91 Å². The third-order valence-corrected chi connectivity index (χ3v) is 8.30. The van der Waals surface area contributed by atoms with Gasteiger partial charge in [0.1, 0.15) is 11.1 Å². The number of pyridine rings is 1. The van der Waals surface area contributed by atoms with E-state index in [1.807, 2.05) is 13.0 Å². The van der Waals surface area contributed by atoms with Gasteiger partial charge in [-0.15, -0.1) is 10.2 Å². The molecule has 0 bridgehead atoms. The van der Waals surface area contributed by atoms with Gasteiger partial charge in [-0.05, 0) is 73.7 Å². The van der Waals surface area contributed by atoms with Crippen molar-refractivity contribution in [1.82, 2.24) is 15.2 Å². The van der Waals surface area contributed by atoms with Gasteiger partial charge in [0.05, 0.1) is 15.7 Å². The Labute approximate surface area is 212 Å². The van der Waals surface area contributed by atoms with E-state index in [4.69, 9.17) is 11.6 Å². The molecule has 12 heteroatoms. The van der Waals surface area contributed by atoms with Crippen LogP contribution in [0.5, 0.6) is 0 Å². The summed E-state index contributed by atoms with van der Waals surface area (Å²) in [5, 5.41) is 19.9. The molecule has 180 valence electrons. The van der Waals surface area contributed by atoms with Gasteiger partial charge in [-0.2, -0.15) is 5.26 Å². The molecule has 35 heavy (non-hydrogen) atoms. The molecule has 3 aromatic rings. The fourth-order valence-electron chi connectivity index (χ4n) is 3.59. The number of sulfonamides is 1. The van der Waals surface area contributed by atoms with Gasteiger partial charge in [-0.1, -0.05) is 30.3 Å². The predicted molar refractivity (Wildman–Crippen MR) is 134 cm³/mol. The molecule has 2 heterocycles. The quantitative estimate of drug-likeness (QED) is 0.415. The maximum atomic E-state index is 12.9. The van der Waals surface area contributed by atoms with E-state index in [1.54, 1.807) is 0 Å². The molecule has 9 nitrogen and oxygen atoms in total. The summed E-state index contributed by atoms with van der Waals surface area (Å²) in [4.78, 5) is 17.6. The Balaban J connectivity index is 1.44. The van der Waals surface area contributed by atoms with Crippen LogP contribution >= 0.6 is 23.4 Å². The molecule has 1 aliphatic rings. The van der Waals surface area contributed by atoms with Crippen LogP contribution in [0.2, 0.25) is 5.15 Å². The van der Waals surface area contributed by atoms with Crippen LogP contribution in [0.1, 0.15) is 36.6 Å². The number of nitrogens with one attached hydrogen (secondary N) is 2. The second-order valence-corrected chi connectivity index (χ2v) is 11.0. The van der Waals surface area contributed by atoms with Crippen LogP contribution in [-0.4, -0.2) is 34.8 Å². The minimum atomic E-state index is -3.90. The average molecular weight is 529 g/mol. The largest absolute Gasteiger partial charge is 0.325 e. The summed E-state index contributed by atoms with van der Waals surface area (Å²) in [5.74, 6) is -0.222. The van der Waals surface area contributed by atoms with Gasteiger partial charge < -0.3 is 5.32 Å². The molecule has 0 aliphatic heterocycles. The summed E-state index contributed by atoms with van der Waals surface area (Å²) < 4.78 is 27.5. The maximum Gasteiger partial charge on any atom is 0.263 e. The molecular weight excluding hydrogens is 508 g/mol. The monoisotopic (exact) mass is 528 g/mol. The summed E-state index contributed by atoms with van der Waals surface area (Å²) in [6, 6.07) is 12.7. The molecule has 1 atom stereocenters. The molecule has 1 aliphatic carbocycles. The first-order valence-electron chi connectivity index (χ1n) is 10.8. The highest BCUT2D eigenvalue weighted by Gasteiger charge is 2.23. The lowest BCUT2D eigenvalue weighted by molar-refractivity contribution is -0.115. The summed E-state index contributed by atoms with van der Waals surface area (Å²) >= 11 is 6.94. The Morgan fingerprint density at radius 3 is 2.63 bits per heavy atom. The molecular formula is C23H21ClN6O3S2. The van der Waals surface area contributed by atoms with Gasteiger partial charge >= 0.3 is 0 Å². The number of amides is 1. The van der Waals surface area contributed by atoms with Crippen molar-refractivity contribution in [2.24, 2.45) is 0 Å². The number of benzene rings is 1. The molecule has 0 radical (unpaired) electrons. The van der Waals surface area contributed by atoms with Crippen LogP contribution in [0.15, 0.2) is 52.4 Å². The number of halogens is 1. The molecule has 1 aromatic carbocycles. The van der Waals surface area contributed by atoms with Gasteiger partial charge in [0.15, 0.2) is 11.0 Å². The highest BCUT2D eigenvalue weighted by atomic mass is 35.5. The van der Waals surface area contributed by atoms with Gasteiger partial charge in [0, 0.05) is 11.4 Å². The van der Waals surface area contributed by atoms with E-state index in [0.717, 1.165) is 30.5 Å². The van der Waals surface area contributed by atoms with E-state index in [1.165, 1.54) is 48.2 Å². The Morgan fingerprint density at radius 1 is 1.20 bits per heavy atom. The summed E-state index contributed by atoms with van der Waals surface area (Å²) in [5.41, 5.74) is 3.03. The number of aryl methyl sites for hydroxylation is 2. The number of carbonyl (C=O) groups excluding carboxylic acids is 1. The first kappa shape index (κ1) is 24.9. The average Bonchev–Trinajstić information content (AvgIpc) is 3.30. The Kier molecular flexibility index (Phi) is 7.54. The molecule has 0 spiro atoms. The van der Waals surface area contributed by atoms with Crippen molar-refractivity contribution < 1.29 is 13.2 Å². The summed E-state index contributed by atoms with van der Waals surface area (Å²) in [7, 11) is -3.90. The van der Waals surface area contributed by atoms with E-state index < -0.39 is 15.3 Å². The number of carbonyl (C=O) groups is 1. The van der Waals surface area contributed by atoms with Gasteiger partial charge in [-0.25, -0.2) is 13.4 Å². The van der Waals surface area contributed by atoms with Gasteiger partial charge in [0.25, 0.3) is 10.0 Å². The first-order chi connectivity index (χ1) is 16.8. The first-order valence-corrected chi connectivity index (χ1v) is 13.6. The lowest BCUT2D eigenvalue weighted by Gasteiger charge is -2.16. The van der Waals surface area contributed by atoms with E-state index in [2.05, 4.69) is 31.3 Å². The van der Waals surface area contributed by atoms with Crippen molar-refractivity contribution in [2.75, 3.05) is 10.0 Å². The normalized spacial score (nSPS) is 13.5. The molecule has 2 aromatic heterocycles. The second-order valence-electron chi connectivity index (χ2n) is 7.79. The van der Waals surface area contributed by atoms with Crippen molar-refractivity contribution in [1.29, 1.82) is 5.26 Å². The lowest BCUT2D eigenvalue weighted by Crippen LogP contribution is -2.25. The topological polar surface area (TPSA) is 138 Å². The van der Waals surface area contributed by atoms with Crippen LogP contribution in [0.4, 0.5) is 11.5 Å². The number of nitrogens with zero attached hydrogens (tertiary/aromatic N) is 4. The van der Waals surface area contributed by atoms with E-state index in [9.17, 15) is 18.5 Å². The number of anilines is 2. The van der Waals surface area contributed by atoms with Crippen molar-refractivity contribution >= 4 is 50.8 Å². The molecule has 1 unspecified atom stereocenters. The zero-order chi connectivity index (χ0) is 25.0. The standard InChI is InChI=1S/C23H21ClN6O3S2/c1-2-19(34-23-15(13-25)12-14-4-3-5-18(14)27-23)22(31)26-16-6-8-17(9-7-16)35(32,33)30-21-11-10-20(24)28-29-21/h6-12,19H,2-5H2,1H3,(H,26,31)(H,29,30). The Morgan fingerprint density at radius 2 is 1.97 bits per heavy atom. The van der Waals surface area contributed by atoms with E-state index in [0.29, 0.717) is 22.7 Å². The van der Waals surface area contributed by atoms with Crippen LogP contribution < -0.4 is 10.0 Å². The number of rotatable bonds is 8. The molecule has 0 saturated carbocycles. The SMILES string of the molecule is CCC(Sc1nc2c(cc1C#N)CCC2)C(=O)Nc1ccc(S(=O)(=O)Nc2ccc(Cl)nn2)cc1. The molecule has 2 N–H and O–H groups in total. The predicted octanol–water partition coefficient (Wildman–Crippen LogP) is 4.20. The minimum Gasteiger partial charge on any atom is -0.325 e. The fourth-order valence-corrected chi connectivity index (χ4v) is 5.68. The third kappa shape index (κ3) is 5.90. The van der Waals surface area contributed by atoms with Crippen molar-refractivity contribution in [3.05, 3.63) is 64.4 Å². The summed E-state index contributed by atoms with van der Waals surface area (Å²) in [6.07, 6.45) is 3.35.